The van der Waals surface area contributed by atoms with Gasteiger partial charge in [-0.2, -0.15) is 0 Å². The zero-order chi connectivity index (χ0) is 14.5. The Morgan fingerprint density at radius 3 is 2.40 bits per heavy atom. The summed E-state index contributed by atoms with van der Waals surface area (Å²) in [6.45, 7) is 6.55. The van der Waals surface area contributed by atoms with E-state index in [2.05, 4.69) is 4.98 Å². The van der Waals surface area contributed by atoms with E-state index in [1.165, 1.54) is 0 Å². The molecule has 1 aromatic heterocycles. The van der Waals surface area contributed by atoms with Gasteiger partial charge in [0.05, 0.1) is 0 Å². The normalized spacial score (nSPS) is 10.6. The maximum Gasteiger partial charge on any atom is 0.272 e. The molecule has 0 atom stereocenters. The summed E-state index contributed by atoms with van der Waals surface area (Å²) < 4.78 is 0. The largest absolute Gasteiger partial charge is 0.331 e. The van der Waals surface area contributed by atoms with Crippen molar-refractivity contribution in [3.63, 3.8) is 0 Å². The van der Waals surface area contributed by atoms with Gasteiger partial charge in [0, 0.05) is 18.3 Å². The van der Waals surface area contributed by atoms with Crippen molar-refractivity contribution >= 4 is 5.91 Å². The van der Waals surface area contributed by atoms with Crippen molar-refractivity contribution in [1.29, 1.82) is 0 Å². The Morgan fingerprint density at radius 2 is 1.80 bits per heavy atom. The number of aromatic nitrogens is 1. The molecule has 1 heterocycles. The molecule has 0 saturated carbocycles. The van der Waals surface area contributed by atoms with Crippen molar-refractivity contribution < 1.29 is 4.79 Å². The van der Waals surface area contributed by atoms with E-state index in [4.69, 9.17) is 0 Å². The van der Waals surface area contributed by atoms with Crippen molar-refractivity contribution in [3.8, 4) is 0 Å². The first-order valence-electron chi connectivity index (χ1n) is 6.86. The molecule has 0 aliphatic rings. The predicted molar refractivity (Wildman–Crippen MR) is 80.4 cm³/mol. The van der Waals surface area contributed by atoms with Gasteiger partial charge in [-0.05, 0) is 38.5 Å². The van der Waals surface area contributed by atoms with E-state index in [1.807, 2.05) is 68.1 Å². The summed E-state index contributed by atoms with van der Waals surface area (Å²) in [4.78, 5) is 18.8. The number of carbonyl (C=O) groups is 1. The highest BCUT2D eigenvalue weighted by molar-refractivity contribution is 5.92. The van der Waals surface area contributed by atoms with E-state index in [0.717, 1.165) is 11.3 Å². The van der Waals surface area contributed by atoms with Gasteiger partial charge in [0.25, 0.3) is 5.91 Å². The minimum atomic E-state index is -0.0208. The second-order valence-corrected chi connectivity index (χ2v) is 5.18. The van der Waals surface area contributed by atoms with Crippen LogP contribution in [0.5, 0.6) is 0 Å². The number of nitrogens with zero attached hydrogens (tertiary/aromatic N) is 2. The molecule has 0 fully saturated rings. The molecule has 0 unspecified atom stereocenters. The SMILES string of the molecule is Cc1cccc(C(=O)N(Cc2ccccc2)C(C)C)n1. The predicted octanol–water partition coefficient (Wildman–Crippen LogP) is 3.44. The quantitative estimate of drug-likeness (QED) is 0.851. The highest BCUT2D eigenvalue weighted by atomic mass is 16.2. The Bertz CT molecular complexity index is 579. The van der Waals surface area contributed by atoms with Crippen LogP contribution in [0.25, 0.3) is 0 Å². The first-order valence-corrected chi connectivity index (χ1v) is 6.86. The van der Waals surface area contributed by atoms with Crippen LogP contribution >= 0.6 is 0 Å². The van der Waals surface area contributed by atoms with Gasteiger partial charge >= 0.3 is 0 Å². The molecule has 0 aliphatic carbocycles. The summed E-state index contributed by atoms with van der Waals surface area (Å²) in [6.07, 6.45) is 0. The minimum absolute atomic E-state index is 0.0208. The molecule has 1 aromatic carbocycles. The van der Waals surface area contributed by atoms with Crippen LogP contribution in [0.2, 0.25) is 0 Å². The van der Waals surface area contributed by atoms with Crippen molar-refractivity contribution in [2.75, 3.05) is 0 Å². The molecule has 0 bridgehead atoms. The fourth-order valence-corrected chi connectivity index (χ4v) is 2.08. The molecule has 0 saturated heterocycles. The highest BCUT2D eigenvalue weighted by Gasteiger charge is 2.20. The summed E-state index contributed by atoms with van der Waals surface area (Å²) in [6, 6.07) is 15.7. The van der Waals surface area contributed by atoms with Crippen LogP contribution in [0.1, 0.15) is 35.6 Å². The van der Waals surface area contributed by atoms with Gasteiger partial charge in [-0.1, -0.05) is 36.4 Å². The summed E-state index contributed by atoms with van der Waals surface area (Å²) in [5, 5.41) is 0. The average molecular weight is 268 g/mol. The number of hydrogen-bond acceptors (Lipinski definition) is 2. The van der Waals surface area contributed by atoms with Gasteiger partial charge in [0.2, 0.25) is 0 Å². The Morgan fingerprint density at radius 1 is 1.10 bits per heavy atom. The van der Waals surface area contributed by atoms with Gasteiger partial charge in [0.1, 0.15) is 5.69 Å². The number of amides is 1. The maximum atomic E-state index is 12.6. The van der Waals surface area contributed by atoms with Gasteiger partial charge in [-0.3, -0.25) is 4.79 Å². The molecular formula is C17H20N2O. The molecule has 0 N–H and O–H groups in total. The molecular weight excluding hydrogens is 248 g/mol. The molecule has 0 radical (unpaired) electrons. The summed E-state index contributed by atoms with van der Waals surface area (Å²) >= 11 is 0. The van der Waals surface area contributed by atoms with Crippen LogP contribution in [0.15, 0.2) is 48.5 Å². The smallest absolute Gasteiger partial charge is 0.272 e. The van der Waals surface area contributed by atoms with Gasteiger partial charge in [-0.25, -0.2) is 4.98 Å². The fourth-order valence-electron chi connectivity index (χ4n) is 2.08. The summed E-state index contributed by atoms with van der Waals surface area (Å²) in [5.74, 6) is -0.0208. The van der Waals surface area contributed by atoms with Crippen LogP contribution in [0, 0.1) is 6.92 Å². The third-order valence-electron chi connectivity index (χ3n) is 3.19. The van der Waals surface area contributed by atoms with Crippen molar-refractivity contribution in [2.24, 2.45) is 0 Å². The average Bonchev–Trinajstić information content (AvgIpc) is 2.45. The first-order chi connectivity index (χ1) is 9.58. The number of benzene rings is 1. The lowest BCUT2D eigenvalue weighted by Gasteiger charge is -2.26. The van der Waals surface area contributed by atoms with Crippen LogP contribution in [-0.4, -0.2) is 21.8 Å². The Hall–Kier alpha value is -2.16. The molecule has 3 nitrogen and oxygen atoms in total. The van der Waals surface area contributed by atoms with Gasteiger partial charge in [-0.15, -0.1) is 0 Å². The molecule has 3 heteroatoms. The number of carbonyl (C=O) groups excluding carboxylic acids is 1. The second-order valence-electron chi connectivity index (χ2n) is 5.18. The fraction of sp³-hybridized carbons (Fsp3) is 0.294. The maximum absolute atomic E-state index is 12.6. The summed E-state index contributed by atoms with van der Waals surface area (Å²) in [5.41, 5.74) is 2.50. The van der Waals surface area contributed by atoms with Crippen LogP contribution in [0.3, 0.4) is 0 Å². The molecule has 0 aliphatic heterocycles. The molecule has 2 aromatic rings. The molecule has 0 spiro atoms. The molecule has 20 heavy (non-hydrogen) atoms. The van der Waals surface area contributed by atoms with Crippen molar-refractivity contribution in [1.82, 2.24) is 9.88 Å². The van der Waals surface area contributed by atoms with Crippen LogP contribution < -0.4 is 0 Å². The number of pyridine rings is 1. The minimum Gasteiger partial charge on any atom is -0.331 e. The third kappa shape index (κ3) is 3.44. The monoisotopic (exact) mass is 268 g/mol. The van der Waals surface area contributed by atoms with E-state index in [-0.39, 0.29) is 11.9 Å². The molecule has 1 amide bonds. The van der Waals surface area contributed by atoms with E-state index in [1.54, 1.807) is 6.07 Å². The number of rotatable bonds is 4. The topological polar surface area (TPSA) is 33.2 Å². The van der Waals surface area contributed by atoms with Gasteiger partial charge in [0.15, 0.2) is 0 Å². The van der Waals surface area contributed by atoms with E-state index < -0.39 is 0 Å². The van der Waals surface area contributed by atoms with E-state index >= 15 is 0 Å². The number of hydrogen-bond donors (Lipinski definition) is 0. The summed E-state index contributed by atoms with van der Waals surface area (Å²) in [7, 11) is 0. The molecule has 104 valence electrons. The second kappa shape index (κ2) is 6.33. The Labute approximate surface area is 120 Å². The van der Waals surface area contributed by atoms with E-state index in [0.29, 0.717) is 12.2 Å². The Kier molecular flexibility index (Phi) is 4.51. The van der Waals surface area contributed by atoms with Crippen molar-refractivity contribution in [2.45, 2.75) is 33.4 Å². The Balaban J connectivity index is 2.23. The first kappa shape index (κ1) is 14.3. The van der Waals surface area contributed by atoms with Crippen LogP contribution in [-0.2, 0) is 6.54 Å². The molecule has 2 rings (SSSR count). The van der Waals surface area contributed by atoms with Crippen LogP contribution in [0.4, 0.5) is 0 Å². The lowest BCUT2D eigenvalue weighted by Crippen LogP contribution is -2.36. The van der Waals surface area contributed by atoms with E-state index in [9.17, 15) is 4.79 Å². The third-order valence-corrected chi connectivity index (χ3v) is 3.19. The zero-order valence-electron chi connectivity index (χ0n) is 12.2. The lowest BCUT2D eigenvalue weighted by atomic mass is 10.1. The van der Waals surface area contributed by atoms with Crippen molar-refractivity contribution in [3.05, 3.63) is 65.5 Å². The lowest BCUT2D eigenvalue weighted by molar-refractivity contribution is 0.0684. The van der Waals surface area contributed by atoms with Gasteiger partial charge < -0.3 is 4.90 Å². The standard InChI is InChI=1S/C17H20N2O/c1-13(2)19(12-15-9-5-4-6-10-15)17(20)16-11-7-8-14(3)18-16/h4-11,13H,12H2,1-3H3. The number of aryl methyl sites for hydroxylation is 1. The highest BCUT2D eigenvalue weighted by Crippen LogP contribution is 2.12. The zero-order valence-corrected chi connectivity index (χ0v) is 12.2.